The number of para-hydroxylation sites is 2. The summed E-state index contributed by atoms with van der Waals surface area (Å²) in [6.45, 7) is 0. The number of aromatic nitrogens is 2. The zero-order chi connectivity index (χ0) is 18.7. The first-order chi connectivity index (χ1) is 12.4. The molecule has 0 radical (unpaired) electrons. The van der Waals surface area contributed by atoms with Crippen LogP contribution >= 0.6 is 0 Å². The summed E-state index contributed by atoms with van der Waals surface area (Å²) in [7, 11) is -2.19. The molecule has 0 aliphatic rings. The molecular weight excluding hydrogens is 354 g/mol. The summed E-state index contributed by atoms with van der Waals surface area (Å²) in [6, 6.07) is 16.3. The highest BCUT2D eigenvalue weighted by Gasteiger charge is 2.22. The number of hydrogen-bond acceptors (Lipinski definition) is 5. The molecule has 3 aromatic rings. The number of sulfonamides is 1. The average Bonchev–Trinajstić information content (AvgIpc) is 3.06. The summed E-state index contributed by atoms with van der Waals surface area (Å²) >= 11 is 0. The molecule has 7 nitrogen and oxygen atoms in total. The van der Waals surface area contributed by atoms with Crippen LogP contribution < -0.4 is 9.46 Å². The third-order valence-corrected chi connectivity index (χ3v) is 4.18. The molecule has 0 fully saturated rings. The molecule has 1 amide bonds. The summed E-state index contributed by atoms with van der Waals surface area (Å²) in [4.78, 5) is 12.5. The molecule has 2 aromatic carbocycles. The first kappa shape index (κ1) is 17.7. The smallest absolute Gasteiger partial charge is 0.268 e. The molecule has 0 saturated carbocycles. The van der Waals surface area contributed by atoms with Crippen molar-refractivity contribution in [2.45, 2.75) is 0 Å². The second-order valence-corrected chi connectivity index (χ2v) is 7.32. The van der Waals surface area contributed by atoms with E-state index in [1.807, 2.05) is 35.1 Å². The van der Waals surface area contributed by atoms with Gasteiger partial charge in [-0.05, 0) is 24.3 Å². The molecule has 0 bridgehead atoms. The van der Waals surface area contributed by atoms with Crippen molar-refractivity contribution in [1.29, 1.82) is 0 Å². The maximum Gasteiger partial charge on any atom is 0.268 e. The minimum absolute atomic E-state index is 0.128. The third kappa shape index (κ3) is 3.75. The van der Waals surface area contributed by atoms with Crippen molar-refractivity contribution in [1.82, 2.24) is 14.5 Å². The highest BCUT2D eigenvalue weighted by atomic mass is 32.2. The highest BCUT2D eigenvalue weighted by Crippen LogP contribution is 2.31. The Kier molecular flexibility index (Phi) is 4.77. The number of amides is 1. The Labute approximate surface area is 151 Å². The lowest BCUT2D eigenvalue weighted by Crippen LogP contribution is -2.29. The van der Waals surface area contributed by atoms with Gasteiger partial charge in [-0.15, -0.1) is 0 Å². The standard InChI is InChI=1S/C18H17N3O4S/c1-25-16-11-7-6-10-14(16)17-15(18(22)20-26(2,23)24)12-21(19-17)13-8-4-3-5-9-13/h3-12H,1-2H3,(H,20,22). The minimum atomic E-state index is -3.71. The van der Waals surface area contributed by atoms with Gasteiger partial charge in [0.1, 0.15) is 11.4 Å². The quantitative estimate of drug-likeness (QED) is 0.743. The van der Waals surface area contributed by atoms with Gasteiger partial charge in [-0.3, -0.25) is 4.79 Å². The van der Waals surface area contributed by atoms with Crippen molar-refractivity contribution < 1.29 is 17.9 Å². The van der Waals surface area contributed by atoms with Crippen LogP contribution in [0.3, 0.4) is 0 Å². The lowest BCUT2D eigenvalue weighted by molar-refractivity contribution is 0.0982. The van der Waals surface area contributed by atoms with E-state index >= 15 is 0 Å². The monoisotopic (exact) mass is 371 g/mol. The molecular formula is C18H17N3O4S. The summed E-state index contributed by atoms with van der Waals surface area (Å²) in [5.41, 5.74) is 1.78. The van der Waals surface area contributed by atoms with E-state index in [0.29, 0.717) is 17.0 Å². The van der Waals surface area contributed by atoms with Crippen molar-refractivity contribution in [3.63, 3.8) is 0 Å². The van der Waals surface area contributed by atoms with Gasteiger partial charge < -0.3 is 4.74 Å². The van der Waals surface area contributed by atoms with E-state index in [1.165, 1.54) is 18.0 Å². The van der Waals surface area contributed by atoms with Crippen LogP contribution in [0.1, 0.15) is 10.4 Å². The fourth-order valence-electron chi connectivity index (χ4n) is 2.52. The number of rotatable bonds is 5. The third-order valence-electron chi connectivity index (χ3n) is 3.62. The van der Waals surface area contributed by atoms with Crippen LogP contribution in [-0.2, 0) is 10.0 Å². The van der Waals surface area contributed by atoms with Gasteiger partial charge >= 0.3 is 0 Å². The van der Waals surface area contributed by atoms with Gasteiger partial charge in [-0.1, -0.05) is 30.3 Å². The van der Waals surface area contributed by atoms with Gasteiger partial charge in [0.05, 0.1) is 24.6 Å². The van der Waals surface area contributed by atoms with Crippen LogP contribution in [-0.4, -0.2) is 37.5 Å². The first-order valence-electron chi connectivity index (χ1n) is 7.69. The zero-order valence-electron chi connectivity index (χ0n) is 14.2. The van der Waals surface area contributed by atoms with E-state index in [4.69, 9.17) is 4.74 Å². The van der Waals surface area contributed by atoms with E-state index in [1.54, 1.807) is 24.3 Å². The molecule has 0 aliphatic heterocycles. The maximum absolute atomic E-state index is 12.5. The van der Waals surface area contributed by atoms with E-state index < -0.39 is 15.9 Å². The molecule has 0 aliphatic carbocycles. The fraction of sp³-hybridized carbons (Fsp3) is 0.111. The van der Waals surface area contributed by atoms with Crippen LogP contribution in [0, 0.1) is 0 Å². The van der Waals surface area contributed by atoms with Gasteiger partial charge in [0.25, 0.3) is 5.91 Å². The number of hydrogen-bond donors (Lipinski definition) is 1. The van der Waals surface area contributed by atoms with E-state index in [0.717, 1.165) is 11.9 Å². The van der Waals surface area contributed by atoms with Crippen LogP contribution in [0.25, 0.3) is 16.9 Å². The number of carbonyl (C=O) groups excluding carboxylic acids is 1. The molecule has 26 heavy (non-hydrogen) atoms. The van der Waals surface area contributed by atoms with E-state index in [-0.39, 0.29) is 5.56 Å². The molecule has 0 atom stereocenters. The van der Waals surface area contributed by atoms with E-state index in [9.17, 15) is 13.2 Å². The SMILES string of the molecule is COc1ccccc1-c1nn(-c2ccccc2)cc1C(=O)NS(C)(=O)=O. The summed E-state index contributed by atoms with van der Waals surface area (Å²) in [5.74, 6) is -0.227. The molecule has 0 saturated heterocycles. The highest BCUT2D eigenvalue weighted by molar-refractivity contribution is 7.89. The van der Waals surface area contributed by atoms with Crippen molar-refractivity contribution in [2.24, 2.45) is 0 Å². The average molecular weight is 371 g/mol. The van der Waals surface area contributed by atoms with Crippen molar-refractivity contribution >= 4 is 15.9 Å². The Bertz CT molecular complexity index is 1040. The lowest BCUT2D eigenvalue weighted by Gasteiger charge is -2.07. The molecule has 1 heterocycles. The number of benzene rings is 2. The second-order valence-electron chi connectivity index (χ2n) is 5.58. The first-order valence-corrected chi connectivity index (χ1v) is 9.59. The second kappa shape index (κ2) is 7.01. The number of nitrogens with one attached hydrogen (secondary N) is 1. The topological polar surface area (TPSA) is 90.3 Å². The molecule has 3 rings (SSSR count). The molecule has 0 unspecified atom stereocenters. The van der Waals surface area contributed by atoms with Crippen molar-refractivity contribution in [3.05, 3.63) is 66.4 Å². The van der Waals surface area contributed by atoms with Gasteiger partial charge in [0.15, 0.2) is 0 Å². The van der Waals surface area contributed by atoms with Crippen LogP contribution in [0.2, 0.25) is 0 Å². The van der Waals surface area contributed by atoms with Crippen LogP contribution in [0.15, 0.2) is 60.8 Å². The lowest BCUT2D eigenvalue weighted by atomic mass is 10.1. The largest absolute Gasteiger partial charge is 0.496 e. The number of ether oxygens (including phenoxy) is 1. The fourth-order valence-corrected chi connectivity index (χ4v) is 2.96. The minimum Gasteiger partial charge on any atom is -0.496 e. The summed E-state index contributed by atoms with van der Waals surface area (Å²) in [5, 5.41) is 4.49. The van der Waals surface area contributed by atoms with Gasteiger partial charge in [-0.25, -0.2) is 17.8 Å². The summed E-state index contributed by atoms with van der Waals surface area (Å²) < 4.78 is 31.8. The van der Waals surface area contributed by atoms with Gasteiger partial charge in [0.2, 0.25) is 10.0 Å². The zero-order valence-corrected chi connectivity index (χ0v) is 15.0. The Balaban J connectivity index is 2.18. The predicted molar refractivity (Wildman–Crippen MR) is 97.9 cm³/mol. The predicted octanol–water partition coefficient (Wildman–Crippen LogP) is 2.24. The molecule has 134 valence electrons. The molecule has 8 heteroatoms. The van der Waals surface area contributed by atoms with Gasteiger partial charge in [0, 0.05) is 11.8 Å². The Hall–Kier alpha value is -3.13. The number of nitrogens with zero attached hydrogens (tertiary/aromatic N) is 2. The van der Waals surface area contributed by atoms with Crippen LogP contribution in [0.4, 0.5) is 0 Å². The van der Waals surface area contributed by atoms with Crippen LogP contribution in [0.5, 0.6) is 5.75 Å². The normalized spacial score (nSPS) is 11.2. The van der Waals surface area contributed by atoms with Crippen molar-refractivity contribution in [2.75, 3.05) is 13.4 Å². The molecule has 1 aromatic heterocycles. The van der Waals surface area contributed by atoms with E-state index in [2.05, 4.69) is 5.10 Å². The molecule has 0 spiro atoms. The number of methoxy groups -OCH3 is 1. The van der Waals surface area contributed by atoms with Gasteiger partial charge in [-0.2, -0.15) is 5.10 Å². The Morgan fingerprint density at radius 3 is 2.38 bits per heavy atom. The summed E-state index contributed by atoms with van der Waals surface area (Å²) in [6.07, 6.45) is 2.42. The Morgan fingerprint density at radius 2 is 1.73 bits per heavy atom. The Morgan fingerprint density at radius 1 is 1.08 bits per heavy atom. The number of carbonyl (C=O) groups is 1. The molecule has 1 N–H and O–H groups in total. The van der Waals surface area contributed by atoms with Crippen molar-refractivity contribution in [3.8, 4) is 22.7 Å². The maximum atomic E-state index is 12.5.